The van der Waals surface area contributed by atoms with Gasteiger partial charge in [-0.3, -0.25) is 0 Å². The second-order valence-corrected chi connectivity index (χ2v) is 4.64. The van der Waals surface area contributed by atoms with Crippen LogP contribution >= 0.6 is 0 Å². The third kappa shape index (κ3) is 3.86. The van der Waals surface area contributed by atoms with Gasteiger partial charge in [-0.05, 0) is 30.7 Å². The van der Waals surface area contributed by atoms with E-state index in [4.69, 9.17) is 9.52 Å². The fourth-order valence-corrected chi connectivity index (χ4v) is 2.07. The lowest BCUT2D eigenvalue weighted by atomic mass is 10.2. The highest BCUT2D eigenvalue weighted by atomic mass is 16.4. The monoisotopic (exact) mass is 259 g/mol. The van der Waals surface area contributed by atoms with E-state index in [1.807, 2.05) is 18.2 Å². The average Bonchev–Trinajstić information content (AvgIpc) is 2.92. The molecule has 1 heterocycles. The van der Waals surface area contributed by atoms with Crippen molar-refractivity contribution in [1.29, 1.82) is 0 Å². The van der Waals surface area contributed by atoms with Gasteiger partial charge in [0.25, 0.3) is 0 Å². The molecular weight excluding hydrogens is 238 g/mol. The van der Waals surface area contributed by atoms with Crippen molar-refractivity contribution in [3.63, 3.8) is 0 Å². The van der Waals surface area contributed by atoms with E-state index in [-0.39, 0.29) is 6.61 Å². The number of unbranched alkanes of at least 4 members (excludes halogenated alkanes) is 1. The fourth-order valence-electron chi connectivity index (χ4n) is 2.07. The molecule has 2 rings (SSSR count). The molecule has 0 aliphatic carbocycles. The first-order valence-electron chi connectivity index (χ1n) is 6.82. The first-order chi connectivity index (χ1) is 9.33. The van der Waals surface area contributed by atoms with Gasteiger partial charge in [0.1, 0.15) is 18.1 Å². The third-order valence-electron chi connectivity index (χ3n) is 3.12. The van der Waals surface area contributed by atoms with E-state index in [2.05, 4.69) is 36.1 Å². The topological polar surface area (TPSA) is 36.6 Å². The van der Waals surface area contributed by atoms with Gasteiger partial charge in [0.05, 0.1) is 6.54 Å². The Morgan fingerprint density at radius 2 is 1.79 bits per heavy atom. The van der Waals surface area contributed by atoms with E-state index in [1.54, 1.807) is 0 Å². The van der Waals surface area contributed by atoms with Gasteiger partial charge in [0.2, 0.25) is 0 Å². The van der Waals surface area contributed by atoms with Gasteiger partial charge >= 0.3 is 0 Å². The lowest BCUT2D eigenvalue weighted by Crippen LogP contribution is -2.23. The Hall–Kier alpha value is -1.74. The molecule has 0 saturated heterocycles. The van der Waals surface area contributed by atoms with Crippen LogP contribution in [0.25, 0.3) is 0 Å². The van der Waals surface area contributed by atoms with Crippen LogP contribution < -0.4 is 4.90 Å². The molecule has 0 amide bonds. The molecule has 0 atom stereocenters. The maximum atomic E-state index is 9.04. The Bertz CT molecular complexity index is 479. The van der Waals surface area contributed by atoms with E-state index in [0.717, 1.165) is 25.3 Å². The zero-order valence-corrected chi connectivity index (χ0v) is 11.4. The number of aliphatic hydroxyl groups excluding tert-OH is 1. The molecule has 1 aromatic heterocycles. The highest BCUT2D eigenvalue weighted by Crippen LogP contribution is 2.19. The number of hydrogen-bond acceptors (Lipinski definition) is 3. The van der Waals surface area contributed by atoms with Crippen molar-refractivity contribution in [3.05, 3.63) is 54.0 Å². The van der Waals surface area contributed by atoms with Crippen molar-refractivity contribution in [3.8, 4) is 0 Å². The van der Waals surface area contributed by atoms with Crippen LogP contribution in [0.15, 0.2) is 46.9 Å². The predicted octanol–water partition coefficient (Wildman–Crippen LogP) is 3.58. The van der Waals surface area contributed by atoms with E-state index >= 15 is 0 Å². The average molecular weight is 259 g/mol. The van der Waals surface area contributed by atoms with Crippen LogP contribution in [-0.4, -0.2) is 11.7 Å². The Morgan fingerprint density at radius 3 is 2.42 bits per heavy atom. The zero-order valence-electron chi connectivity index (χ0n) is 11.4. The van der Waals surface area contributed by atoms with Crippen molar-refractivity contribution < 1.29 is 9.52 Å². The first-order valence-corrected chi connectivity index (χ1v) is 6.82. The van der Waals surface area contributed by atoms with Gasteiger partial charge in [-0.25, -0.2) is 0 Å². The van der Waals surface area contributed by atoms with Crippen LogP contribution in [0, 0.1) is 0 Å². The Morgan fingerprint density at radius 1 is 1.05 bits per heavy atom. The minimum atomic E-state index is -0.0414. The summed E-state index contributed by atoms with van der Waals surface area (Å²) >= 11 is 0. The van der Waals surface area contributed by atoms with Crippen LogP contribution in [0.1, 0.15) is 31.3 Å². The summed E-state index contributed by atoms with van der Waals surface area (Å²) in [5.41, 5.74) is 1.21. The molecule has 102 valence electrons. The molecule has 2 aromatic rings. The molecule has 0 aliphatic heterocycles. The van der Waals surface area contributed by atoms with Crippen molar-refractivity contribution in [2.45, 2.75) is 32.9 Å². The summed E-state index contributed by atoms with van der Waals surface area (Å²) in [4.78, 5) is 2.31. The van der Waals surface area contributed by atoms with Gasteiger partial charge in [0.15, 0.2) is 0 Å². The number of benzene rings is 1. The molecule has 0 spiro atoms. The Kier molecular flexibility index (Phi) is 5.04. The summed E-state index contributed by atoms with van der Waals surface area (Å²) < 4.78 is 5.57. The summed E-state index contributed by atoms with van der Waals surface area (Å²) in [6.45, 7) is 3.90. The molecule has 0 radical (unpaired) electrons. The number of nitrogens with zero attached hydrogens (tertiary/aromatic N) is 1. The van der Waals surface area contributed by atoms with Gasteiger partial charge in [0, 0.05) is 12.2 Å². The van der Waals surface area contributed by atoms with E-state index in [0.29, 0.717) is 5.76 Å². The lowest BCUT2D eigenvalue weighted by molar-refractivity contribution is 0.243. The molecule has 3 nitrogen and oxygen atoms in total. The lowest BCUT2D eigenvalue weighted by Gasteiger charge is -2.23. The van der Waals surface area contributed by atoms with Gasteiger partial charge in [-0.2, -0.15) is 0 Å². The van der Waals surface area contributed by atoms with Crippen molar-refractivity contribution in [2.24, 2.45) is 0 Å². The largest absolute Gasteiger partial charge is 0.462 e. The molecule has 0 fully saturated rings. The van der Waals surface area contributed by atoms with Crippen LogP contribution in [0.5, 0.6) is 0 Å². The maximum absolute atomic E-state index is 9.04. The van der Waals surface area contributed by atoms with Gasteiger partial charge < -0.3 is 14.4 Å². The standard InChI is InChI=1S/C16H21NO2/c1-2-3-11-17(14-7-5-4-6-8-14)12-15-9-10-16(13-18)19-15/h4-10,18H,2-3,11-13H2,1H3. The maximum Gasteiger partial charge on any atom is 0.129 e. The highest BCUT2D eigenvalue weighted by Gasteiger charge is 2.09. The zero-order chi connectivity index (χ0) is 13.5. The second kappa shape index (κ2) is 7.00. The minimum Gasteiger partial charge on any atom is -0.462 e. The summed E-state index contributed by atoms with van der Waals surface area (Å²) in [7, 11) is 0. The number of furan rings is 1. The number of hydrogen-bond donors (Lipinski definition) is 1. The van der Waals surface area contributed by atoms with Crippen LogP contribution in [-0.2, 0) is 13.2 Å². The van der Waals surface area contributed by atoms with E-state index in [1.165, 1.54) is 12.1 Å². The molecule has 0 aliphatic rings. The molecular formula is C16H21NO2. The Balaban J connectivity index is 2.09. The minimum absolute atomic E-state index is 0.0414. The number of para-hydroxylation sites is 1. The van der Waals surface area contributed by atoms with E-state index in [9.17, 15) is 0 Å². The summed E-state index contributed by atoms with van der Waals surface area (Å²) in [6, 6.07) is 14.1. The van der Waals surface area contributed by atoms with Gasteiger partial charge in [-0.1, -0.05) is 31.5 Å². The van der Waals surface area contributed by atoms with Crippen LogP contribution in [0.2, 0.25) is 0 Å². The van der Waals surface area contributed by atoms with Crippen LogP contribution in [0.4, 0.5) is 5.69 Å². The predicted molar refractivity (Wildman–Crippen MR) is 77.0 cm³/mol. The highest BCUT2D eigenvalue weighted by molar-refractivity contribution is 5.46. The summed E-state index contributed by atoms with van der Waals surface area (Å²) in [6.07, 6.45) is 2.33. The van der Waals surface area contributed by atoms with Crippen LogP contribution in [0.3, 0.4) is 0 Å². The fraction of sp³-hybridized carbons (Fsp3) is 0.375. The number of anilines is 1. The first kappa shape index (κ1) is 13.7. The molecule has 1 aromatic carbocycles. The molecule has 0 saturated carbocycles. The third-order valence-corrected chi connectivity index (χ3v) is 3.12. The summed E-state index contributed by atoms with van der Waals surface area (Å²) in [5, 5.41) is 9.04. The molecule has 0 bridgehead atoms. The molecule has 0 unspecified atom stereocenters. The second-order valence-electron chi connectivity index (χ2n) is 4.64. The molecule has 3 heteroatoms. The Labute approximate surface area is 114 Å². The summed E-state index contributed by atoms with van der Waals surface area (Å²) in [5.74, 6) is 1.52. The SMILES string of the molecule is CCCCN(Cc1ccc(CO)o1)c1ccccc1. The smallest absolute Gasteiger partial charge is 0.129 e. The van der Waals surface area contributed by atoms with Crippen molar-refractivity contribution in [2.75, 3.05) is 11.4 Å². The number of aliphatic hydroxyl groups is 1. The molecule has 19 heavy (non-hydrogen) atoms. The van der Waals surface area contributed by atoms with E-state index < -0.39 is 0 Å². The van der Waals surface area contributed by atoms with Crippen molar-refractivity contribution >= 4 is 5.69 Å². The number of rotatable bonds is 7. The molecule has 1 N–H and O–H groups in total. The van der Waals surface area contributed by atoms with Crippen molar-refractivity contribution in [1.82, 2.24) is 0 Å². The van der Waals surface area contributed by atoms with Gasteiger partial charge in [-0.15, -0.1) is 0 Å². The quantitative estimate of drug-likeness (QED) is 0.825. The normalized spacial score (nSPS) is 10.6.